The van der Waals surface area contributed by atoms with Crippen LogP contribution in [0.1, 0.15) is 16.7 Å². The van der Waals surface area contributed by atoms with Crippen LogP contribution in [-0.4, -0.2) is 7.05 Å². The molecule has 102 valence electrons. The van der Waals surface area contributed by atoms with Crippen molar-refractivity contribution in [3.8, 4) is 6.07 Å². The van der Waals surface area contributed by atoms with E-state index in [2.05, 4.69) is 6.07 Å². The van der Waals surface area contributed by atoms with Gasteiger partial charge in [0.1, 0.15) is 5.82 Å². The highest BCUT2D eigenvalue weighted by Crippen LogP contribution is 2.24. The molecule has 0 fully saturated rings. The van der Waals surface area contributed by atoms with Crippen LogP contribution in [0.2, 0.25) is 0 Å². The SMILES string of the molecule is Cc1cc(CN(C)c2ccc(C#N)cc2N)ccc1F. The molecule has 0 saturated carbocycles. The third-order valence-electron chi connectivity index (χ3n) is 3.21. The Labute approximate surface area is 118 Å². The molecule has 0 aliphatic carbocycles. The molecule has 2 N–H and O–H groups in total. The fourth-order valence-corrected chi connectivity index (χ4v) is 2.14. The normalized spacial score (nSPS) is 10.1. The molecule has 2 rings (SSSR count). The van der Waals surface area contributed by atoms with Gasteiger partial charge in [0.05, 0.1) is 23.0 Å². The van der Waals surface area contributed by atoms with Gasteiger partial charge in [-0.15, -0.1) is 0 Å². The van der Waals surface area contributed by atoms with Crippen molar-refractivity contribution in [2.24, 2.45) is 0 Å². The molecule has 4 heteroatoms. The second-order valence-electron chi connectivity index (χ2n) is 4.82. The second kappa shape index (κ2) is 5.62. The van der Waals surface area contributed by atoms with Gasteiger partial charge in [-0.05, 0) is 42.3 Å². The Bertz CT molecular complexity index is 674. The first-order valence-corrected chi connectivity index (χ1v) is 6.27. The van der Waals surface area contributed by atoms with E-state index in [1.54, 1.807) is 25.1 Å². The minimum Gasteiger partial charge on any atom is -0.397 e. The van der Waals surface area contributed by atoms with Gasteiger partial charge < -0.3 is 10.6 Å². The van der Waals surface area contributed by atoms with Crippen LogP contribution in [0.25, 0.3) is 0 Å². The summed E-state index contributed by atoms with van der Waals surface area (Å²) in [7, 11) is 1.91. The van der Waals surface area contributed by atoms with Crippen LogP contribution in [0.15, 0.2) is 36.4 Å². The number of hydrogen-bond donors (Lipinski definition) is 1. The average molecular weight is 269 g/mol. The molecule has 0 spiro atoms. The lowest BCUT2D eigenvalue weighted by molar-refractivity contribution is 0.617. The molecular formula is C16H16FN3. The lowest BCUT2D eigenvalue weighted by Gasteiger charge is -2.21. The summed E-state index contributed by atoms with van der Waals surface area (Å²) < 4.78 is 13.2. The van der Waals surface area contributed by atoms with Crippen LogP contribution in [0.5, 0.6) is 0 Å². The van der Waals surface area contributed by atoms with Gasteiger partial charge in [0, 0.05) is 13.6 Å². The van der Waals surface area contributed by atoms with Crippen molar-refractivity contribution in [3.63, 3.8) is 0 Å². The molecule has 2 aromatic carbocycles. The standard InChI is InChI=1S/C16H16FN3/c1-11-7-13(3-5-14(11)17)10-20(2)16-6-4-12(9-18)8-15(16)19/h3-8H,10,19H2,1-2H3. The maximum Gasteiger partial charge on any atom is 0.126 e. The van der Waals surface area contributed by atoms with Crippen molar-refractivity contribution in [1.29, 1.82) is 5.26 Å². The Kier molecular flexibility index (Phi) is 3.90. The van der Waals surface area contributed by atoms with Crippen LogP contribution in [0.4, 0.5) is 15.8 Å². The Morgan fingerprint density at radius 3 is 2.60 bits per heavy atom. The minimum atomic E-state index is -0.200. The molecule has 0 amide bonds. The van der Waals surface area contributed by atoms with Gasteiger partial charge in [-0.2, -0.15) is 5.26 Å². The number of anilines is 2. The van der Waals surface area contributed by atoms with Gasteiger partial charge in [-0.25, -0.2) is 4.39 Å². The summed E-state index contributed by atoms with van der Waals surface area (Å²) >= 11 is 0. The van der Waals surface area contributed by atoms with E-state index in [1.807, 2.05) is 24.1 Å². The van der Waals surface area contributed by atoms with Crippen LogP contribution >= 0.6 is 0 Å². The van der Waals surface area contributed by atoms with Crippen LogP contribution in [0, 0.1) is 24.1 Å². The highest BCUT2D eigenvalue weighted by atomic mass is 19.1. The molecule has 0 bridgehead atoms. The van der Waals surface area contributed by atoms with E-state index in [0.717, 1.165) is 11.3 Å². The van der Waals surface area contributed by atoms with Gasteiger partial charge in [-0.3, -0.25) is 0 Å². The molecule has 0 aromatic heterocycles. The third-order valence-corrected chi connectivity index (χ3v) is 3.21. The largest absolute Gasteiger partial charge is 0.397 e. The van der Waals surface area contributed by atoms with Crippen molar-refractivity contribution in [2.45, 2.75) is 13.5 Å². The van der Waals surface area contributed by atoms with Gasteiger partial charge in [0.2, 0.25) is 0 Å². The number of hydrogen-bond acceptors (Lipinski definition) is 3. The van der Waals surface area contributed by atoms with E-state index >= 15 is 0 Å². The zero-order chi connectivity index (χ0) is 14.7. The maximum absolute atomic E-state index is 13.2. The number of halogens is 1. The molecule has 2 aromatic rings. The number of nitrogen functional groups attached to an aromatic ring is 1. The zero-order valence-electron chi connectivity index (χ0n) is 11.5. The highest BCUT2D eigenvalue weighted by Gasteiger charge is 2.08. The van der Waals surface area contributed by atoms with E-state index in [-0.39, 0.29) is 5.82 Å². The number of nitrogens with two attached hydrogens (primary N) is 1. The highest BCUT2D eigenvalue weighted by molar-refractivity contribution is 5.69. The summed E-state index contributed by atoms with van der Waals surface area (Å²) in [4.78, 5) is 1.98. The third kappa shape index (κ3) is 2.89. The molecule has 0 aliphatic rings. The van der Waals surface area contributed by atoms with E-state index in [9.17, 15) is 4.39 Å². The fourth-order valence-electron chi connectivity index (χ4n) is 2.14. The van der Waals surface area contributed by atoms with Crippen molar-refractivity contribution in [3.05, 3.63) is 58.9 Å². The number of nitriles is 1. The smallest absolute Gasteiger partial charge is 0.126 e. The van der Waals surface area contributed by atoms with E-state index in [4.69, 9.17) is 11.0 Å². The molecule has 20 heavy (non-hydrogen) atoms. The summed E-state index contributed by atoms with van der Waals surface area (Å²) in [5, 5.41) is 8.83. The summed E-state index contributed by atoms with van der Waals surface area (Å²) in [6.45, 7) is 2.37. The van der Waals surface area contributed by atoms with Crippen LogP contribution < -0.4 is 10.6 Å². The minimum absolute atomic E-state index is 0.200. The van der Waals surface area contributed by atoms with E-state index in [0.29, 0.717) is 23.4 Å². The van der Waals surface area contributed by atoms with Gasteiger partial charge in [-0.1, -0.05) is 12.1 Å². The first kappa shape index (κ1) is 13.9. The van der Waals surface area contributed by atoms with Gasteiger partial charge >= 0.3 is 0 Å². The quantitative estimate of drug-likeness (QED) is 0.870. The Morgan fingerprint density at radius 1 is 1.25 bits per heavy atom. The molecule has 0 aliphatic heterocycles. The van der Waals surface area contributed by atoms with E-state index in [1.165, 1.54) is 6.07 Å². The lowest BCUT2D eigenvalue weighted by atomic mass is 10.1. The molecule has 0 heterocycles. The predicted octanol–water partition coefficient (Wildman–Crippen LogP) is 3.22. The fraction of sp³-hybridized carbons (Fsp3) is 0.188. The molecular weight excluding hydrogens is 253 g/mol. The summed E-state index contributed by atoms with van der Waals surface area (Å²) in [5.41, 5.74) is 9.54. The Morgan fingerprint density at radius 2 is 2.00 bits per heavy atom. The number of benzene rings is 2. The molecule has 0 saturated heterocycles. The first-order valence-electron chi connectivity index (χ1n) is 6.27. The number of aryl methyl sites for hydroxylation is 1. The molecule has 0 unspecified atom stereocenters. The summed E-state index contributed by atoms with van der Waals surface area (Å²) in [5.74, 6) is -0.200. The Balaban J connectivity index is 2.21. The van der Waals surface area contributed by atoms with Gasteiger partial charge in [0.25, 0.3) is 0 Å². The molecule has 0 atom stereocenters. The average Bonchev–Trinajstić information content (AvgIpc) is 2.42. The van der Waals surface area contributed by atoms with Crippen molar-refractivity contribution < 1.29 is 4.39 Å². The first-order chi connectivity index (χ1) is 9.51. The van der Waals surface area contributed by atoms with Crippen LogP contribution in [0.3, 0.4) is 0 Å². The second-order valence-corrected chi connectivity index (χ2v) is 4.82. The van der Waals surface area contributed by atoms with Crippen LogP contribution in [-0.2, 0) is 6.54 Å². The lowest BCUT2D eigenvalue weighted by Crippen LogP contribution is -2.18. The zero-order valence-corrected chi connectivity index (χ0v) is 11.5. The topological polar surface area (TPSA) is 53.0 Å². The van der Waals surface area contributed by atoms with Crippen molar-refractivity contribution in [1.82, 2.24) is 0 Å². The number of rotatable bonds is 3. The molecule has 3 nitrogen and oxygen atoms in total. The summed E-state index contributed by atoms with van der Waals surface area (Å²) in [6, 6.07) is 12.3. The molecule has 0 radical (unpaired) electrons. The summed E-state index contributed by atoms with van der Waals surface area (Å²) in [6.07, 6.45) is 0. The number of nitrogens with zero attached hydrogens (tertiary/aromatic N) is 2. The van der Waals surface area contributed by atoms with E-state index < -0.39 is 0 Å². The van der Waals surface area contributed by atoms with Crippen molar-refractivity contribution in [2.75, 3.05) is 17.7 Å². The Hall–Kier alpha value is -2.54. The van der Waals surface area contributed by atoms with Gasteiger partial charge in [0.15, 0.2) is 0 Å². The van der Waals surface area contributed by atoms with Crippen molar-refractivity contribution >= 4 is 11.4 Å². The monoisotopic (exact) mass is 269 g/mol. The maximum atomic E-state index is 13.2. The predicted molar refractivity (Wildman–Crippen MR) is 78.8 cm³/mol.